The molecule has 3 aromatic rings. The maximum atomic E-state index is 12.7. The van der Waals surface area contributed by atoms with E-state index in [0.29, 0.717) is 28.0 Å². The topological polar surface area (TPSA) is 60.7 Å². The zero-order valence-electron chi connectivity index (χ0n) is 17.1. The highest BCUT2D eigenvalue weighted by atomic mass is 35.5. The molecule has 0 atom stereocenters. The van der Waals surface area contributed by atoms with Gasteiger partial charge in [0.25, 0.3) is 5.56 Å². The predicted octanol–water partition coefficient (Wildman–Crippen LogP) is 4.94. The first-order valence-corrected chi connectivity index (χ1v) is 10.7. The molecule has 2 aromatic carbocycles. The molecular weight excluding hydrogens is 422 g/mol. The molecule has 1 N–H and O–H groups in total. The molecule has 0 unspecified atom stereocenters. The fraction of sp³-hybridized carbons (Fsp3) is 0.261. The molecule has 1 aromatic heterocycles. The van der Waals surface area contributed by atoms with Crippen molar-refractivity contribution in [2.45, 2.75) is 30.1 Å². The Morgan fingerprint density at radius 1 is 1.07 bits per heavy atom. The summed E-state index contributed by atoms with van der Waals surface area (Å²) in [7, 11) is 1.54. The van der Waals surface area contributed by atoms with Crippen molar-refractivity contribution in [2.24, 2.45) is 0 Å². The number of aromatic nitrogens is 1. The Labute approximate surface area is 185 Å². The molecule has 0 amide bonds. The molecule has 1 heterocycles. The second-order valence-corrected chi connectivity index (χ2v) is 8.91. The van der Waals surface area contributed by atoms with Gasteiger partial charge < -0.3 is 14.6 Å². The Hall–Kier alpha value is -2.41. The third kappa shape index (κ3) is 6.05. The molecule has 0 saturated heterocycles. The van der Waals surface area contributed by atoms with Gasteiger partial charge in [0.15, 0.2) is 11.5 Å². The fourth-order valence-electron chi connectivity index (χ4n) is 2.70. The van der Waals surface area contributed by atoms with Gasteiger partial charge in [0.05, 0.1) is 18.4 Å². The van der Waals surface area contributed by atoms with Gasteiger partial charge >= 0.3 is 0 Å². The molecular formula is C23H24ClNO4S. The number of aliphatic hydroxyl groups is 1. The van der Waals surface area contributed by atoms with E-state index in [4.69, 9.17) is 21.1 Å². The van der Waals surface area contributed by atoms with Gasteiger partial charge in [-0.25, -0.2) is 0 Å². The minimum atomic E-state index is -0.958. The quantitative estimate of drug-likeness (QED) is 0.497. The molecule has 0 fully saturated rings. The van der Waals surface area contributed by atoms with Crippen LogP contribution in [0.4, 0.5) is 0 Å². The summed E-state index contributed by atoms with van der Waals surface area (Å²) in [5.41, 5.74) is 0.523. The molecule has 5 nitrogen and oxygen atoms in total. The second kappa shape index (κ2) is 9.60. The van der Waals surface area contributed by atoms with E-state index in [2.05, 4.69) is 0 Å². The molecule has 0 aliphatic heterocycles. The van der Waals surface area contributed by atoms with Crippen molar-refractivity contribution in [3.8, 4) is 17.2 Å². The standard InChI is InChI=1S/C23H24ClNO4S/c1-23(2,27)15-29-20-9-6-18(13-21(20)28-3)25-11-10-16(12-22(25)26)14-30-19-7-4-17(24)5-8-19/h4-13,27H,14-15H2,1-3H3. The lowest BCUT2D eigenvalue weighted by molar-refractivity contribution is 0.0276. The lowest BCUT2D eigenvalue weighted by atomic mass is 10.2. The molecule has 3 rings (SSSR count). The summed E-state index contributed by atoms with van der Waals surface area (Å²) in [5, 5.41) is 10.5. The van der Waals surface area contributed by atoms with Crippen LogP contribution in [0.15, 0.2) is 70.5 Å². The lowest BCUT2D eigenvalue weighted by Gasteiger charge is -2.19. The van der Waals surface area contributed by atoms with E-state index < -0.39 is 5.60 Å². The SMILES string of the molecule is COc1cc(-n2ccc(CSc3ccc(Cl)cc3)cc2=O)ccc1OCC(C)(C)O. The van der Waals surface area contributed by atoms with Gasteiger partial charge in [0.1, 0.15) is 6.61 Å². The zero-order chi connectivity index (χ0) is 21.7. The lowest BCUT2D eigenvalue weighted by Crippen LogP contribution is -2.28. The summed E-state index contributed by atoms with van der Waals surface area (Å²) in [6.45, 7) is 3.46. The maximum Gasteiger partial charge on any atom is 0.255 e. The number of halogens is 1. The number of nitrogens with zero attached hydrogens (tertiary/aromatic N) is 1. The van der Waals surface area contributed by atoms with Crippen molar-refractivity contribution in [1.82, 2.24) is 4.57 Å². The van der Waals surface area contributed by atoms with Crippen molar-refractivity contribution in [2.75, 3.05) is 13.7 Å². The molecule has 0 aliphatic rings. The summed E-state index contributed by atoms with van der Waals surface area (Å²) < 4.78 is 12.6. The molecule has 158 valence electrons. The Bertz CT molecular complexity index is 1060. The number of hydrogen-bond donors (Lipinski definition) is 1. The van der Waals surface area contributed by atoms with Crippen LogP contribution < -0.4 is 15.0 Å². The minimum Gasteiger partial charge on any atom is -0.493 e. The molecule has 30 heavy (non-hydrogen) atoms. The third-order valence-electron chi connectivity index (χ3n) is 4.21. The summed E-state index contributed by atoms with van der Waals surface area (Å²) in [5.74, 6) is 1.68. The normalized spacial score (nSPS) is 11.4. The Balaban J connectivity index is 1.75. The third-order valence-corrected chi connectivity index (χ3v) is 5.54. The van der Waals surface area contributed by atoms with Crippen LogP contribution >= 0.6 is 23.4 Å². The summed E-state index contributed by atoms with van der Waals surface area (Å²) in [6.07, 6.45) is 1.76. The first-order chi connectivity index (χ1) is 14.2. The summed E-state index contributed by atoms with van der Waals surface area (Å²) >= 11 is 7.56. The molecule has 7 heteroatoms. The van der Waals surface area contributed by atoms with E-state index in [9.17, 15) is 9.90 Å². The van der Waals surface area contributed by atoms with Gasteiger partial charge in [0, 0.05) is 34.0 Å². The van der Waals surface area contributed by atoms with Crippen LogP contribution in [0.25, 0.3) is 5.69 Å². The highest BCUT2D eigenvalue weighted by Gasteiger charge is 2.16. The monoisotopic (exact) mass is 445 g/mol. The minimum absolute atomic E-state index is 0.128. The number of pyridine rings is 1. The van der Waals surface area contributed by atoms with E-state index in [1.165, 1.54) is 7.11 Å². The molecule has 0 radical (unpaired) electrons. The van der Waals surface area contributed by atoms with Crippen molar-refractivity contribution in [1.29, 1.82) is 0 Å². The van der Waals surface area contributed by atoms with Crippen LogP contribution in [0.5, 0.6) is 11.5 Å². The molecule has 0 saturated carbocycles. The van der Waals surface area contributed by atoms with Gasteiger partial charge in [-0.2, -0.15) is 0 Å². The highest BCUT2D eigenvalue weighted by molar-refractivity contribution is 7.98. The fourth-order valence-corrected chi connectivity index (χ4v) is 3.67. The van der Waals surface area contributed by atoms with Crippen LogP contribution in [-0.4, -0.2) is 29.0 Å². The van der Waals surface area contributed by atoms with Crippen LogP contribution in [0.3, 0.4) is 0 Å². The number of hydrogen-bond acceptors (Lipinski definition) is 5. The molecule has 0 bridgehead atoms. The van der Waals surface area contributed by atoms with E-state index >= 15 is 0 Å². The molecule has 0 aliphatic carbocycles. The number of ether oxygens (including phenoxy) is 2. The smallest absolute Gasteiger partial charge is 0.255 e. The Morgan fingerprint density at radius 3 is 2.43 bits per heavy atom. The number of thioether (sulfide) groups is 1. The van der Waals surface area contributed by atoms with Crippen molar-refractivity contribution in [3.63, 3.8) is 0 Å². The summed E-state index contributed by atoms with van der Waals surface area (Å²) in [6, 6.07) is 16.4. The Kier molecular flexibility index (Phi) is 7.13. The number of methoxy groups -OCH3 is 1. The van der Waals surface area contributed by atoms with Crippen LogP contribution in [-0.2, 0) is 5.75 Å². The average Bonchev–Trinajstić information content (AvgIpc) is 2.71. The van der Waals surface area contributed by atoms with E-state index in [1.54, 1.807) is 60.6 Å². The van der Waals surface area contributed by atoms with Gasteiger partial charge in [0.2, 0.25) is 0 Å². The van der Waals surface area contributed by atoms with Crippen LogP contribution in [0.1, 0.15) is 19.4 Å². The first-order valence-electron chi connectivity index (χ1n) is 9.39. The number of benzene rings is 2. The molecule has 0 spiro atoms. The van der Waals surface area contributed by atoms with Gasteiger partial charge in [-0.15, -0.1) is 11.8 Å². The second-order valence-electron chi connectivity index (χ2n) is 7.42. The average molecular weight is 446 g/mol. The highest BCUT2D eigenvalue weighted by Crippen LogP contribution is 2.30. The van der Waals surface area contributed by atoms with Gasteiger partial charge in [-0.1, -0.05) is 11.6 Å². The van der Waals surface area contributed by atoms with Crippen LogP contribution in [0, 0.1) is 0 Å². The largest absolute Gasteiger partial charge is 0.493 e. The van der Waals surface area contributed by atoms with E-state index in [0.717, 1.165) is 10.5 Å². The summed E-state index contributed by atoms with van der Waals surface area (Å²) in [4.78, 5) is 13.8. The van der Waals surface area contributed by atoms with E-state index in [-0.39, 0.29) is 12.2 Å². The van der Waals surface area contributed by atoms with Gasteiger partial charge in [-0.3, -0.25) is 9.36 Å². The van der Waals surface area contributed by atoms with Crippen LogP contribution in [0.2, 0.25) is 5.02 Å². The van der Waals surface area contributed by atoms with Crippen molar-refractivity contribution < 1.29 is 14.6 Å². The predicted molar refractivity (Wildman–Crippen MR) is 121 cm³/mol. The zero-order valence-corrected chi connectivity index (χ0v) is 18.7. The van der Waals surface area contributed by atoms with Gasteiger partial charge in [-0.05, 0) is 61.9 Å². The van der Waals surface area contributed by atoms with E-state index in [1.807, 2.05) is 30.3 Å². The Morgan fingerprint density at radius 2 is 1.80 bits per heavy atom. The first kappa shape index (κ1) is 22.3. The van der Waals surface area contributed by atoms with Crippen molar-refractivity contribution >= 4 is 23.4 Å². The van der Waals surface area contributed by atoms with Crippen molar-refractivity contribution in [3.05, 3.63) is 81.7 Å². The number of rotatable bonds is 8. The maximum absolute atomic E-state index is 12.7.